The van der Waals surface area contributed by atoms with Crippen molar-refractivity contribution in [2.45, 2.75) is 32.1 Å². The lowest BCUT2D eigenvalue weighted by molar-refractivity contribution is -0.121. The monoisotopic (exact) mass is 288 g/mol. The summed E-state index contributed by atoms with van der Waals surface area (Å²) in [6.07, 6.45) is 6.28. The lowest BCUT2D eigenvalue weighted by Gasteiger charge is -2.30. The van der Waals surface area contributed by atoms with Crippen molar-refractivity contribution in [3.8, 4) is 5.75 Å². The van der Waals surface area contributed by atoms with Crippen molar-refractivity contribution in [1.82, 2.24) is 4.90 Å². The van der Waals surface area contributed by atoms with Gasteiger partial charge in [0.05, 0.1) is 5.69 Å². The molecule has 0 aromatic heterocycles. The number of unbranched alkanes of at least 4 members (excludes halogenated alkanes) is 1. The maximum absolute atomic E-state index is 12.0. The molecule has 114 valence electrons. The Labute approximate surface area is 126 Å². The SMILES string of the molecule is O=C1COc2ccccc2N1CCCCN1CCCCC1. The summed E-state index contributed by atoms with van der Waals surface area (Å²) in [5.41, 5.74) is 0.923. The first-order chi connectivity index (χ1) is 10.3. The summed E-state index contributed by atoms with van der Waals surface area (Å²) in [7, 11) is 0. The molecule has 3 rings (SSSR count). The molecule has 2 aliphatic heterocycles. The van der Waals surface area contributed by atoms with Gasteiger partial charge in [0.2, 0.25) is 0 Å². The predicted molar refractivity (Wildman–Crippen MR) is 83.8 cm³/mol. The fourth-order valence-corrected chi connectivity index (χ4v) is 3.19. The van der Waals surface area contributed by atoms with Crippen LogP contribution in [0.5, 0.6) is 5.75 Å². The molecule has 2 heterocycles. The van der Waals surface area contributed by atoms with Crippen LogP contribution in [0.25, 0.3) is 0 Å². The molecular formula is C17H24N2O2. The van der Waals surface area contributed by atoms with Crippen molar-refractivity contribution in [3.05, 3.63) is 24.3 Å². The maximum Gasteiger partial charge on any atom is 0.265 e. The number of anilines is 1. The molecule has 4 heteroatoms. The van der Waals surface area contributed by atoms with E-state index in [-0.39, 0.29) is 12.5 Å². The summed E-state index contributed by atoms with van der Waals surface area (Å²) >= 11 is 0. The van der Waals surface area contributed by atoms with Crippen LogP contribution in [-0.4, -0.2) is 43.6 Å². The number of ether oxygens (including phenoxy) is 1. The smallest absolute Gasteiger partial charge is 0.265 e. The van der Waals surface area contributed by atoms with Gasteiger partial charge < -0.3 is 14.5 Å². The Balaban J connectivity index is 1.49. The highest BCUT2D eigenvalue weighted by molar-refractivity contribution is 5.97. The van der Waals surface area contributed by atoms with Crippen LogP contribution in [0.4, 0.5) is 5.69 Å². The zero-order valence-corrected chi connectivity index (χ0v) is 12.6. The van der Waals surface area contributed by atoms with Crippen molar-refractivity contribution in [3.63, 3.8) is 0 Å². The van der Waals surface area contributed by atoms with Crippen LogP contribution in [0, 0.1) is 0 Å². The van der Waals surface area contributed by atoms with Crippen LogP contribution >= 0.6 is 0 Å². The highest BCUT2D eigenvalue weighted by Gasteiger charge is 2.24. The molecular weight excluding hydrogens is 264 g/mol. The lowest BCUT2D eigenvalue weighted by atomic mass is 10.1. The Bertz CT molecular complexity index is 483. The van der Waals surface area contributed by atoms with E-state index in [1.54, 1.807) is 0 Å². The van der Waals surface area contributed by atoms with Crippen molar-refractivity contribution in [1.29, 1.82) is 0 Å². The van der Waals surface area contributed by atoms with Gasteiger partial charge in [-0.3, -0.25) is 4.79 Å². The zero-order chi connectivity index (χ0) is 14.5. The number of hydrogen-bond donors (Lipinski definition) is 0. The van der Waals surface area contributed by atoms with Crippen LogP contribution in [-0.2, 0) is 4.79 Å². The Kier molecular flexibility index (Phi) is 4.76. The summed E-state index contributed by atoms with van der Waals surface area (Å²) in [6.45, 7) is 4.63. The minimum Gasteiger partial charge on any atom is -0.482 e. The number of benzene rings is 1. The quantitative estimate of drug-likeness (QED) is 0.781. The van der Waals surface area contributed by atoms with Gasteiger partial charge in [0.15, 0.2) is 6.61 Å². The van der Waals surface area contributed by atoms with Gasteiger partial charge in [-0.25, -0.2) is 0 Å². The number of piperidine rings is 1. The van der Waals surface area contributed by atoms with E-state index in [2.05, 4.69) is 4.90 Å². The number of amides is 1. The molecule has 0 spiro atoms. The van der Waals surface area contributed by atoms with Crippen molar-refractivity contribution >= 4 is 11.6 Å². The van der Waals surface area contributed by atoms with Gasteiger partial charge in [-0.05, 0) is 57.5 Å². The molecule has 0 bridgehead atoms. The number of fused-ring (bicyclic) bond motifs is 1. The molecule has 0 unspecified atom stereocenters. The molecule has 2 aliphatic rings. The molecule has 0 saturated carbocycles. The minimum absolute atomic E-state index is 0.0756. The van der Waals surface area contributed by atoms with Crippen molar-refractivity contribution < 1.29 is 9.53 Å². The fraction of sp³-hybridized carbons (Fsp3) is 0.588. The summed E-state index contributed by atoms with van der Waals surface area (Å²) < 4.78 is 5.47. The van der Waals surface area contributed by atoms with Crippen LogP contribution in [0.3, 0.4) is 0 Å². The van der Waals surface area contributed by atoms with Gasteiger partial charge in [0, 0.05) is 6.54 Å². The first kappa shape index (κ1) is 14.4. The van der Waals surface area contributed by atoms with Crippen LogP contribution < -0.4 is 9.64 Å². The molecule has 1 aromatic carbocycles. The molecule has 1 fully saturated rings. The highest BCUT2D eigenvalue weighted by atomic mass is 16.5. The molecule has 4 nitrogen and oxygen atoms in total. The first-order valence-corrected chi connectivity index (χ1v) is 8.09. The number of rotatable bonds is 5. The Morgan fingerprint density at radius 3 is 2.62 bits per heavy atom. The van der Waals surface area contributed by atoms with Crippen LogP contribution in [0.1, 0.15) is 32.1 Å². The van der Waals surface area contributed by atoms with Crippen molar-refractivity contribution in [2.24, 2.45) is 0 Å². The molecule has 0 radical (unpaired) electrons. The highest BCUT2D eigenvalue weighted by Crippen LogP contribution is 2.31. The van der Waals surface area contributed by atoms with E-state index in [0.29, 0.717) is 0 Å². The lowest BCUT2D eigenvalue weighted by Crippen LogP contribution is -2.39. The second-order valence-corrected chi connectivity index (χ2v) is 5.91. The number of para-hydroxylation sites is 2. The number of nitrogens with zero attached hydrogens (tertiary/aromatic N) is 2. The topological polar surface area (TPSA) is 32.8 Å². The van der Waals surface area contributed by atoms with Gasteiger partial charge in [-0.2, -0.15) is 0 Å². The van der Waals surface area contributed by atoms with E-state index in [9.17, 15) is 4.79 Å². The van der Waals surface area contributed by atoms with Crippen LogP contribution in [0.15, 0.2) is 24.3 Å². The molecule has 1 amide bonds. The van der Waals surface area contributed by atoms with Crippen LogP contribution in [0.2, 0.25) is 0 Å². The van der Waals surface area contributed by atoms with Gasteiger partial charge >= 0.3 is 0 Å². The average Bonchev–Trinajstić information content (AvgIpc) is 2.54. The third kappa shape index (κ3) is 3.56. The van der Waals surface area contributed by atoms with Gasteiger partial charge in [0.1, 0.15) is 5.75 Å². The number of carbonyl (C=O) groups excluding carboxylic acids is 1. The van der Waals surface area contributed by atoms with Crippen molar-refractivity contribution in [2.75, 3.05) is 37.7 Å². The maximum atomic E-state index is 12.0. The molecule has 1 saturated heterocycles. The average molecular weight is 288 g/mol. The Morgan fingerprint density at radius 1 is 1.00 bits per heavy atom. The predicted octanol–water partition coefficient (Wildman–Crippen LogP) is 2.68. The second kappa shape index (κ2) is 6.94. The Hall–Kier alpha value is -1.55. The van der Waals surface area contributed by atoms with E-state index >= 15 is 0 Å². The van der Waals surface area contributed by atoms with Gasteiger partial charge in [-0.1, -0.05) is 18.6 Å². The largest absolute Gasteiger partial charge is 0.482 e. The summed E-state index contributed by atoms with van der Waals surface area (Å²) in [5.74, 6) is 0.903. The van der Waals surface area contributed by atoms with Gasteiger partial charge in [0.25, 0.3) is 5.91 Å². The fourth-order valence-electron chi connectivity index (χ4n) is 3.19. The third-order valence-electron chi connectivity index (χ3n) is 4.36. The molecule has 0 atom stereocenters. The first-order valence-electron chi connectivity index (χ1n) is 8.09. The van der Waals surface area contributed by atoms with E-state index < -0.39 is 0 Å². The summed E-state index contributed by atoms with van der Waals surface area (Å²) in [4.78, 5) is 16.5. The molecule has 0 N–H and O–H groups in total. The summed E-state index contributed by atoms with van der Waals surface area (Å²) in [5, 5.41) is 0. The van der Waals surface area contributed by atoms with E-state index in [0.717, 1.165) is 30.8 Å². The van der Waals surface area contributed by atoms with E-state index in [1.165, 1.54) is 38.9 Å². The minimum atomic E-state index is 0.0756. The van der Waals surface area contributed by atoms with E-state index in [1.807, 2.05) is 29.2 Å². The van der Waals surface area contributed by atoms with Gasteiger partial charge in [-0.15, -0.1) is 0 Å². The molecule has 0 aliphatic carbocycles. The normalized spacial score (nSPS) is 19.2. The number of carbonyl (C=O) groups is 1. The standard InChI is InChI=1S/C17H24N2O2/c20-17-14-21-16-9-3-2-8-15(16)19(17)13-7-6-12-18-10-4-1-5-11-18/h2-3,8-9H,1,4-7,10-14H2. The molecule has 1 aromatic rings. The van der Waals surface area contributed by atoms with E-state index in [4.69, 9.17) is 4.74 Å². The summed E-state index contributed by atoms with van der Waals surface area (Å²) in [6, 6.07) is 7.81. The zero-order valence-electron chi connectivity index (χ0n) is 12.6. The third-order valence-corrected chi connectivity index (χ3v) is 4.36. The molecule has 21 heavy (non-hydrogen) atoms. The Morgan fingerprint density at radius 2 is 1.76 bits per heavy atom. The number of likely N-dealkylation sites (tertiary alicyclic amines) is 1. The number of hydrogen-bond acceptors (Lipinski definition) is 3. The second-order valence-electron chi connectivity index (χ2n) is 5.91.